The summed E-state index contributed by atoms with van der Waals surface area (Å²) in [6, 6.07) is 0. The molecule has 0 atom stereocenters. The Morgan fingerprint density at radius 2 is 0.500 bits per heavy atom. The summed E-state index contributed by atoms with van der Waals surface area (Å²) in [5.41, 5.74) is 0. The number of hydrogen-bond acceptors (Lipinski definition) is 6. The zero-order valence-electron chi connectivity index (χ0n) is 4.93. The quantitative estimate of drug-likeness (QED) is 0.244. The van der Waals surface area contributed by atoms with E-state index in [2.05, 4.69) is 0 Å². The van der Waals surface area contributed by atoms with Crippen molar-refractivity contribution in [3.8, 4) is 0 Å². The summed E-state index contributed by atoms with van der Waals surface area (Å²) in [5, 5.41) is 0. The molecule has 0 aliphatic rings. The van der Waals surface area contributed by atoms with E-state index in [4.69, 9.17) is 26.9 Å². The molecule has 10 heavy (non-hydrogen) atoms. The molecule has 0 bridgehead atoms. The van der Waals surface area contributed by atoms with Gasteiger partial charge in [-0.3, -0.25) is 0 Å². The Hall–Kier alpha value is 1.25. The van der Waals surface area contributed by atoms with E-state index in [9.17, 15) is 0 Å². The second kappa shape index (κ2) is 3.32. The topological polar surface area (TPSA) is 156 Å². The summed E-state index contributed by atoms with van der Waals surface area (Å²) < 4.78 is 29.4. The van der Waals surface area contributed by atoms with Crippen LogP contribution in [0.5, 0.6) is 0 Å². The first-order valence-electron chi connectivity index (χ1n) is 1.15. The molecule has 0 fully saturated rings. The summed E-state index contributed by atoms with van der Waals surface area (Å²) in [7, 11) is 0. The van der Waals surface area contributed by atoms with Gasteiger partial charge in [0.1, 0.15) is 0 Å². The van der Waals surface area contributed by atoms with Crippen molar-refractivity contribution in [2.75, 3.05) is 0 Å². The summed E-state index contributed by atoms with van der Waals surface area (Å²) in [6.45, 7) is 0. The van der Waals surface area contributed by atoms with Crippen LogP contribution in [-0.2, 0) is 13.9 Å². The maximum atomic E-state index is 4.90. The molecule has 0 rings (SSSR count). The third kappa shape index (κ3) is 401. The van der Waals surface area contributed by atoms with Crippen LogP contribution in [0.3, 0.4) is 0 Å². The van der Waals surface area contributed by atoms with E-state index in [-0.39, 0.29) is 37.2 Å². The van der Waals surface area contributed by atoms with Crippen LogP contribution in [-0.4, -0.2) is 0 Å². The molecule has 0 saturated heterocycles. The average molecular weight is 305 g/mol. The van der Waals surface area contributed by atoms with Gasteiger partial charge >= 0.3 is 40.7 Å². The number of nitrogens with two attached hydrogens (primary N) is 6. The molecule has 0 aliphatic carbocycles. The molecule has 0 aliphatic heterocycles. The van der Waals surface area contributed by atoms with Crippen LogP contribution in [0.1, 0.15) is 0 Å². The molecule has 0 radical (unpaired) electrons. The minimum atomic E-state index is -4.98. The van der Waals surface area contributed by atoms with E-state index in [0.717, 1.165) is 0 Å². The number of halogens is 3. The third-order valence-corrected chi connectivity index (χ3v) is 0. The van der Waals surface area contributed by atoms with Gasteiger partial charge in [-0.05, 0) is 0 Å². The Bertz CT molecular complexity index is 71.6. The van der Waals surface area contributed by atoms with Gasteiger partial charge in [0.05, 0.1) is 0 Å². The first kappa shape index (κ1) is 22.5. The van der Waals surface area contributed by atoms with Crippen LogP contribution in [0.25, 0.3) is 0 Å². The Kier molecular flexibility index (Phi) is 7.47. The minimum absolute atomic E-state index is 0. The van der Waals surface area contributed by atoms with E-state index >= 15 is 0 Å². The van der Waals surface area contributed by atoms with Gasteiger partial charge in [0.15, 0.2) is 0 Å². The molecular weight excluding hydrogens is 293 g/mol. The molecule has 0 unspecified atom stereocenters. The van der Waals surface area contributed by atoms with Gasteiger partial charge in [-0.25, -0.2) is 0 Å². The fourth-order valence-corrected chi connectivity index (χ4v) is 0. The zero-order valence-corrected chi connectivity index (χ0v) is 8.84. The summed E-state index contributed by atoms with van der Waals surface area (Å²) in [4.78, 5) is 0. The number of rotatable bonds is 0. The molecule has 0 aromatic rings. The first-order valence-corrected chi connectivity index (χ1v) is 6.83. The van der Waals surface area contributed by atoms with Gasteiger partial charge in [0, 0.05) is 0 Å². The fraction of sp³-hybridized carbons (Fsp3) is 0. The molecule has 0 amide bonds. The maximum absolute atomic E-state index is 4.98. The van der Waals surface area contributed by atoms with E-state index in [0.29, 0.717) is 0 Å². The Labute approximate surface area is 77.9 Å². The fourth-order valence-electron chi connectivity index (χ4n) is 0. The van der Waals surface area contributed by atoms with Crippen LogP contribution >= 0.6 is 0 Å². The first-order chi connectivity index (χ1) is 2.45. The van der Waals surface area contributed by atoms with Crippen LogP contribution in [0.15, 0.2) is 0 Å². The van der Waals surface area contributed by atoms with Crippen LogP contribution in [0.2, 0.25) is 0 Å². The van der Waals surface area contributed by atoms with Crippen molar-refractivity contribution >= 4 is 0 Å². The molecule has 0 aromatic heterocycles. The summed E-state index contributed by atoms with van der Waals surface area (Å²) in [6.07, 6.45) is 0. The molecule has 0 saturated carbocycles. The van der Waals surface area contributed by atoms with E-state index in [1.165, 1.54) is 0 Å². The molecule has 0 spiro atoms. The zero-order chi connectivity index (χ0) is 6.41. The molecular formula is H12Cl3N6Rh. The molecule has 0 aromatic carbocycles. The van der Waals surface area contributed by atoms with Crippen molar-refractivity contribution in [2.24, 2.45) is 26.9 Å². The van der Waals surface area contributed by atoms with Crippen molar-refractivity contribution in [2.45, 2.75) is 0 Å². The van der Waals surface area contributed by atoms with Gasteiger partial charge in [-0.15, -0.1) is 0 Å². The SMILES string of the molecule is [Cl-].[Cl-].[Cl-].[NH2][Rh+3]([NH2])([NH2])([NH2])([NH2])[NH2]. The predicted octanol–water partition coefficient (Wildman–Crippen LogP) is -12.5. The van der Waals surface area contributed by atoms with Crippen molar-refractivity contribution in [3.63, 3.8) is 0 Å². The van der Waals surface area contributed by atoms with Gasteiger partial charge < -0.3 is 37.2 Å². The molecule has 72 valence electrons. The standard InChI is InChI=1S/3ClH.6H2N.Rh/h3*1H;6*1H2;/q;;;6*-1;+9/p-3. The van der Waals surface area contributed by atoms with Crippen molar-refractivity contribution in [1.29, 1.82) is 0 Å². The summed E-state index contributed by atoms with van der Waals surface area (Å²) >= 11 is -4.98. The molecule has 12 N–H and O–H groups in total. The average Bonchev–Trinajstić information content (AvgIpc) is 0.592. The third-order valence-electron chi connectivity index (χ3n) is 0. The van der Waals surface area contributed by atoms with E-state index in [1.54, 1.807) is 0 Å². The predicted molar refractivity (Wildman–Crippen MR) is 25.1 cm³/mol. The van der Waals surface area contributed by atoms with Crippen molar-refractivity contribution < 1.29 is 51.1 Å². The second-order valence-corrected chi connectivity index (χ2v) is 9.86. The Balaban J connectivity index is -0.0000000600. The Morgan fingerprint density at radius 1 is 0.500 bits per heavy atom. The van der Waals surface area contributed by atoms with Crippen LogP contribution in [0.4, 0.5) is 0 Å². The van der Waals surface area contributed by atoms with E-state index < -0.39 is 13.9 Å². The van der Waals surface area contributed by atoms with Crippen molar-refractivity contribution in [1.82, 2.24) is 0 Å². The van der Waals surface area contributed by atoms with E-state index in [1.807, 2.05) is 0 Å². The second-order valence-electron chi connectivity index (χ2n) is 1.67. The van der Waals surface area contributed by atoms with Gasteiger partial charge in [-0.1, -0.05) is 0 Å². The summed E-state index contributed by atoms with van der Waals surface area (Å²) in [5.74, 6) is 0. The van der Waals surface area contributed by atoms with Crippen molar-refractivity contribution in [3.05, 3.63) is 0 Å². The van der Waals surface area contributed by atoms with Crippen LogP contribution in [0, 0.1) is 0 Å². The van der Waals surface area contributed by atoms with Gasteiger partial charge in [0.2, 0.25) is 0 Å². The monoisotopic (exact) mass is 304 g/mol. The molecule has 0 heterocycles. The molecule has 10 heteroatoms. The normalized spacial score (nSPS) is 16.2. The Morgan fingerprint density at radius 3 is 0.500 bits per heavy atom. The molecule has 6 nitrogen and oxygen atoms in total. The van der Waals surface area contributed by atoms with Crippen LogP contribution < -0.4 is 64.1 Å². The van der Waals surface area contributed by atoms with Gasteiger partial charge in [0.25, 0.3) is 0 Å². The van der Waals surface area contributed by atoms with Gasteiger partial charge in [-0.2, -0.15) is 0 Å². The number of hydrogen-bond donors (Lipinski definition) is 6.